The molecule has 0 radical (unpaired) electrons. The highest BCUT2D eigenvalue weighted by Gasteiger charge is 2.22. The fourth-order valence-electron chi connectivity index (χ4n) is 1.74. The molecule has 5 nitrogen and oxygen atoms in total. The van der Waals surface area contributed by atoms with Crippen LogP contribution in [0.2, 0.25) is 0 Å². The van der Waals surface area contributed by atoms with Crippen LogP contribution in [0.25, 0.3) is 0 Å². The van der Waals surface area contributed by atoms with E-state index in [1.165, 1.54) is 12.1 Å². The third kappa shape index (κ3) is 4.45. The van der Waals surface area contributed by atoms with Crippen LogP contribution in [0.3, 0.4) is 0 Å². The maximum absolute atomic E-state index is 9.92. The van der Waals surface area contributed by atoms with Crippen molar-refractivity contribution >= 4 is 12.4 Å². The van der Waals surface area contributed by atoms with Gasteiger partial charge in [0.1, 0.15) is 0 Å². The fraction of sp³-hybridized carbons (Fsp3) is 0.538. The summed E-state index contributed by atoms with van der Waals surface area (Å²) in [7, 11) is 0. The molecule has 0 heterocycles. The zero-order valence-electron chi connectivity index (χ0n) is 11.1. The lowest BCUT2D eigenvalue weighted by Gasteiger charge is -2.21. The van der Waals surface area contributed by atoms with Crippen molar-refractivity contribution in [2.75, 3.05) is 0 Å². The summed E-state index contributed by atoms with van der Waals surface area (Å²) in [5.74, 6) is -1.06. The molecule has 19 heavy (non-hydrogen) atoms. The van der Waals surface area contributed by atoms with Gasteiger partial charge >= 0.3 is 0 Å². The molecule has 0 aliphatic rings. The highest BCUT2D eigenvalue weighted by Crippen LogP contribution is 2.40. The summed E-state index contributed by atoms with van der Waals surface area (Å²) < 4.78 is 0. The Balaban J connectivity index is 0.00000324. The predicted molar refractivity (Wildman–Crippen MR) is 75.7 cm³/mol. The predicted octanol–water partition coefficient (Wildman–Crippen LogP) is 2.02. The maximum atomic E-state index is 9.92. The summed E-state index contributed by atoms with van der Waals surface area (Å²) >= 11 is 0. The van der Waals surface area contributed by atoms with Gasteiger partial charge in [0, 0.05) is 5.56 Å². The van der Waals surface area contributed by atoms with Crippen molar-refractivity contribution < 1.29 is 20.4 Å². The summed E-state index contributed by atoms with van der Waals surface area (Å²) in [6.07, 6.45) is 0.529. The lowest BCUT2D eigenvalue weighted by Crippen LogP contribution is -2.26. The van der Waals surface area contributed by atoms with Gasteiger partial charge in [-0.3, -0.25) is 0 Å². The average molecular weight is 292 g/mol. The Morgan fingerprint density at radius 1 is 1.05 bits per heavy atom. The van der Waals surface area contributed by atoms with Crippen LogP contribution in [0.4, 0.5) is 0 Å². The van der Waals surface area contributed by atoms with Crippen molar-refractivity contribution in [1.82, 2.24) is 0 Å². The highest BCUT2D eigenvalue weighted by molar-refractivity contribution is 5.85. The molecule has 0 bridgehead atoms. The molecule has 0 saturated heterocycles. The molecule has 6 N–H and O–H groups in total. The second kappa shape index (κ2) is 7.43. The molecule has 0 fully saturated rings. The van der Waals surface area contributed by atoms with Crippen molar-refractivity contribution in [2.45, 2.75) is 38.8 Å². The number of aromatic hydroxyl groups is 3. The topological polar surface area (TPSA) is 107 Å². The van der Waals surface area contributed by atoms with Crippen molar-refractivity contribution in [3.63, 3.8) is 0 Å². The Morgan fingerprint density at radius 2 is 1.63 bits per heavy atom. The number of hydrogen-bond acceptors (Lipinski definition) is 5. The summed E-state index contributed by atoms with van der Waals surface area (Å²) in [6, 6.07) is 1.84. The van der Waals surface area contributed by atoms with Crippen molar-refractivity contribution in [1.29, 1.82) is 0 Å². The Morgan fingerprint density at radius 3 is 2.16 bits per heavy atom. The molecule has 0 aliphatic heterocycles. The number of phenolic OH excluding ortho intramolecular Hbond substituents is 3. The molecule has 1 aromatic carbocycles. The first-order valence-corrected chi connectivity index (χ1v) is 6.02. The maximum Gasteiger partial charge on any atom is 0.200 e. The molecule has 110 valence electrons. The van der Waals surface area contributed by atoms with Crippen molar-refractivity contribution in [2.24, 2.45) is 11.7 Å². The average Bonchev–Trinajstić information content (AvgIpc) is 2.32. The lowest BCUT2D eigenvalue weighted by atomic mass is 9.95. The molecule has 0 amide bonds. The third-order valence-corrected chi connectivity index (χ3v) is 2.97. The largest absolute Gasteiger partial charge is 0.504 e. The van der Waals surface area contributed by atoms with Gasteiger partial charge in [-0.1, -0.05) is 13.8 Å². The number of hydrogen-bond donors (Lipinski definition) is 5. The van der Waals surface area contributed by atoms with E-state index in [4.69, 9.17) is 5.73 Å². The molecule has 1 aromatic rings. The summed E-state index contributed by atoms with van der Waals surface area (Å²) in [4.78, 5) is 0. The molecule has 0 spiro atoms. The van der Waals surface area contributed by atoms with Crippen molar-refractivity contribution in [3.05, 3.63) is 17.7 Å². The van der Waals surface area contributed by atoms with Gasteiger partial charge in [0.25, 0.3) is 0 Å². The molecule has 0 unspecified atom stereocenters. The first-order valence-electron chi connectivity index (χ1n) is 6.02. The minimum absolute atomic E-state index is 0. The van der Waals surface area contributed by atoms with Crippen LogP contribution in [0.15, 0.2) is 12.1 Å². The van der Waals surface area contributed by atoms with E-state index in [-0.39, 0.29) is 18.0 Å². The minimum atomic E-state index is -0.803. The normalized spacial score (nSPS) is 13.9. The lowest BCUT2D eigenvalue weighted by molar-refractivity contribution is 0.127. The van der Waals surface area contributed by atoms with Crippen LogP contribution in [-0.4, -0.2) is 26.5 Å². The standard InChI is InChI=1S/C13H21NO4.ClH/c1-7(2)3-5-9(15)11(14)8-4-6-10(16)13(18)12(8)17;/h4,6-7,9,11,15-18H,3,5,14H2,1-2H3;1H/t9-,11+;/m1./s1. The molecular formula is C13H22ClNO4. The molecule has 0 saturated carbocycles. The number of phenols is 3. The van der Waals surface area contributed by atoms with E-state index < -0.39 is 29.4 Å². The zero-order chi connectivity index (χ0) is 13.9. The van der Waals surface area contributed by atoms with E-state index in [2.05, 4.69) is 0 Å². The van der Waals surface area contributed by atoms with E-state index in [1.54, 1.807) is 0 Å². The molecule has 1 rings (SSSR count). The van der Waals surface area contributed by atoms with Crippen LogP contribution in [-0.2, 0) is 0 Å². The quantitative estimate of drug-likeness (QED) is 0.534. The summed E-state index contributed by atoms with van der Waals surface area (Å²) in [6.45, 7) is 4.09. The highest BCUT2D eigenvalue weighted by atomic mass is 35.5. The first-order chi connectivity index (χ1) is 8.34. The van der Waals surface area contributed by atoms with Gasteiger partial charge < -0.3 is 26.2 Å². The van der Waals surface area contributed by atoms with E-state index in [0.29, 0.717) is 12.3 Å². The number of aliphatic hydroxyl groups excluding tert-OH is 1. The second-order valence-corrected chi connectivity index (χ2v) is 4.94. The molecule has 0 aromatic heterocycles. The van der Waals surface area contributed by atoms with Crippen LogP contribution in [0.1, 0.15) is 38.3 Å². The molecule has 2 atom stereocenters. The van der Waals surface area contributed by atoms with Gasteiger partial charge in [-0.2, -0.15) is 0 Å². The Hall–Kier alpha value is -1.17. The van der Waals surface area contributed by atoms with Crippen LogP contribution in [0, 0.1) is 5.92 Å². The van der Waals surface area contributed by atoms with Crippen molar-refractivity contribution in [3.8, 4) is 17.2 Å². The van der Waals surface area contributed by atoms with Gasteiger partial charge in [-0.25, -0.2) is 0 Å². The number of nitrogens with two attached hydrogens (primary N) is 1. The number of aliphatic hydroxyl groups is 1. The third-order valence-electron chi connectivity index (χ3n) is 2.97. The Kier molecular flexibility index (Phi) is 6.97. The van der Waals surface area contributed by atoms with E-state index in [1.807, 2.05) is 13.8 Å². The molecule has 0 aliphatic carbocycles. The molecular weight excluding hydrogens is 270 g/mol. The number of halogens is 1. The SMILES string of the molecule is CC(C)CC[C@@H](O)[C@@H](N)c1ccc(O)c(O)c1O.Cl. The Labute approximate surface area is 119 Å². The van der Waals surface area contributed by atoms with Gasteiger partial charge in [0.15, 0.2) is 11.5 Å². The van der Waals surface area contributed by atoms with Crippen LogP contribution in [0.5, 0.6) is 17.2 Å². The van der Waals surface area contributed by atoms with Crippen LogP contribution >= 0.6 is 12.4 Å². The number of benzene rings is 1. The molecule has 6 heteroatoms. The number of rotatable bonds is 5. The van der Waals surface area contributed by atoms with E-state index in [0.717, 1.165) is 6.42 Å². The van der Waals surface area contributed by atoms with Gasteiger partial charge in [0.2, 0.25) is 5.75 Å². The van der Waals surface area contributed by atoms with Gasteiger partial charge in [0.05, 0.1) is 12.1 Å². The second-order valence-electron chi connectivity index (χ2n) is 4.94. The smallest absolute Gasteiger partial charge is 0.200 e. The van der Waals surface area contributed by atoms with E-state index in [9.17, 15) is 20.4 Å². The van der Waals surface area contributed by atoms with Crippen LogP contribution < -0.4 is 5.73 Å². The van der Waals surface area contributed by atoms with Gasteiger partial charge in [-0.15, -0.1) is 12.4 Å². The monoisotopic (exact) mass is 291 g/mol. The minimum Gasteiger partial charge on any atom is -0.504 e. The van der Waals surface area contributed by atoms with E-state index >= 15 is 0 Å². The van der Waals surface area contributed by atoms with Gasteiger partial charge in [-0.05, 0) is 30.9 Å². The summed E-state index contributed by atoms with van der Waals surface area (Å²) in [5, 5.41) is 38.2. The Bertz CT molecular complexity index is 412. The fourth-order valence-corrected chi connectivity index (χ4v) is 1.74. The summed E-state index contributed by atoms with van der Waals surface area (Å²) in [5.41, 5.74) is 6.07. The zero-order valence-corrected chi connectivity index (χ0v) is 11.9. The first kappa shape index (κ1) is 17.8.